The van der Waals surface area contributed by atoms with Gasteiger partial charge in [-0.2, -0.15) is 0 Å². The van der Waals surface area contributed by atoms with Crippen LogP contribution >= 0.6 is 0 Å². The van der Waals surface area contributed by atoms with E-state index in [1.807, 2.05) is 13.8 Å². The predicted molar refractivity (Wildman–Crippen MR) is 80.7 cm³/mol. The van der Waals surface area contributed by atoms with E-state index in [0.717, 1.165) is 0 Å². The van der Waals surface area contributed by atoms with Gasteiger partial charge >= 0.3 is 0 Å². The normalized spacial score (nSPS) is 11.0. The van der Waals surface area contributed by atoms with E-state index in [9.17, 15) is 4.79 Å². The number of fused-ring (bicyclic) bond motifs is 1. The van der Waals surface area contributed by atoms with Crippen LogP contribution in [0.1, 0.15) is 24.4 Å². The fraction of sp³-hybridized carbons (Fsp3) is 0.286. The lowest BCUT2D eigenvalue weighted by Gasteiger charge is -2.06. The number of carbonyl (C=O) groups is 1. The van der Waals surface area contributed by atoms with E-state index in [0.29, 0.717) is 16.5 Å². The Bertz CT molecular complexity index is 825. The monoisotopic (exact) mass is 317 g/mol. The molecule has 1 aromatic carbocycles. The molecule has 2 heterocycles. The van der Waals surface area contributed by atoms with E-state index in [-0.39, 0.29) is 23.8 Å². The van der Waals surface area contributed by atoms with Crippen LogP contribution in [0.3, 0.4) is 0 Å². The fourth-order valence-electron chi connectivity index (χ4n) is 2.14. The van der Waals surface area contributed by atoms with Crippen LogP contribution in [-0.4, -0.2) is 39.7 Å². The SMILES string of the molecule is COc1cccc2c(OC(C)C)oc(C(=O)Nc3nnn[nH]3)c12. The molecule has 23 heavy (non-hydrogen) atoms. The molecule has 0 atom stereocenters. The molecule has 1 amide bonds. The quantitative estimate of drug-likeness (QED) is 0.739. The summed E-state index contributed by atoms with van der Waals surface area (Å²) in [6, 6.07) is 5.33. The van der Waals surface area contributed by atoms with Crippen LogP contribution in [0.2, 0.25) is 0 Å². The number of anilines is 1. The highest BCUT2D eigenvalue weighted by Crippen LogP contribution is 2.38. The molecule has 9 nitrogen and oxygen atoms in total. The number of H-pyrrole nitrogens is 1. The molecule has 120 valence electrons. The van der Waals surface area contributed by atoms with Crippen molar-refractivity contribution in [2.75, 3.05) is 12.4 Å². The number of nitrogens with one attached hydrogen (secondary N) is 2. The third kappa shape index (κ3) is 2.80. The molecule has 0 radical (unpaired) electrons. The molecular formula is C14H15N5O4. The summed E-state index contributed by atoms with van der Waals surface area (Å²) < 4.78 is 16.6. The Kier molecular flexibility index (Phi) is 3.83. The Morgan fingerprint density at radius 2 is 2.22 bits per heavy atom. The zero-order chi connectivity index (χ0) is 16.4. The zero-order valence-electron chi connectivity index (χ0n) is 12.8. The second-order valence-electron chi connectivity index (χ2n) is 4.97. The number of rotatable bonds is 5. The van der Waals surface area contributed by atoms with Gasteiger partial charge < -0.3 is 13.9 Å². The second kappa shape index (κ2) is 5.95. The number of aromatic nitrogens is 4. The first-order valence-corrected chi connectivity index (χ1v) is 6.91. The molecule has 0 aliphatic carbocycles. The van der Waals surface area contributed by atoms with Crippen molar-refractivity contribution in [1.29, 1.82) is 0 Å². The van der Waals surface area contributed by atoms with E-state index >= 15 is 0 Å². The Hall–Kier alpha value is -3.10. The van der Waals surface area contributed by atoms with Gasteiger partial charge in [0.05, 0.1) is 24.0 Å². The van der Waals surface area contributed by atoms with Gasteiger partial charge in [0.1, 0.15) is 5.75 Å². The average molecular weight is 317 g/mol. The predicted octanol–water partition coefficient (Wildman–Crippen LogP) is 1.99. The molecule has 2 N–H and O–H groups in total. The highest BCUT2D eigenvalue weighted by molar-refractivity contribution is 6.13. The van der Waals surface area contributed by atoms with Gasteiger partial charge in [-0.05, 0) is 36.4 Å². The molecular weight excluding hydrogens is 302 g/mol. The molecule has 2 aromatic heterocycles. The van der Waals surface area contributed by atoms with Gasteiger partial charge in [-0.1, -0.05) is 11.2 Å². The van der Waals surface area contributed by atoms with Crippen LogP contribution in [0, 0.1) is 0 Å². The van der Waals surface area contributed by atoms with Crippen molar-refractivity contribution >= 4 is 22.6 Å². The number of ether oxygens (including phenoxy) is 2. The van der Waals surface area contributed by atoms with Crippen molar-refractivity contribution in [1.82, 2.24) is 20.6 Å². The van der Waals surface area contributed by atoms with Gasteiger partial charge in [0.15, 0.2) is 0 Å². The number of amides is 1. The lowest BCUT2D eigenvalue weighted by molar-refractivity contribution is 0.0983. The first-order chi connectivity index (χ1) is 11.1. The molecule has 3 rings (SSSR count). The van der Waals surface area contributed by atoms with Crippen LogP contribution in [0.4, 0.5) is 5.95 Å². The molecule has 0 bridgehead atoms. The summed E-state index contributed by atoms with van der Waals surface area (Å²) in [6.07, 6.45) is -0.107. The third-order valence-electron chi connectivity index (χ3n) is 3.01. The van der Waals surface area contributed by atoms with E-state index in [4.69, 9.17) is 13.9 Å². The van der Waals surface area contributed by atoms with Crippen LogP contribution in [-0.2, 0) is 0 Å². The molecule has 0 aliphatic rings. The lowest BCUT2D eigenvalue weighted by Crippen LogP contribution is -2.12. The maximum absolute atomic E-state index is 12.5. The van der Waals surface area contributed by atoms with Crippen molar-refractivity contribution in [2.24, 2.45) is 0 Å². The maximum atomic E-state index is 12.5. The van der Waals surface area contributed by atoms with Gasteiger partial charge in [-0.15, -0.1) is 0 Å². The smallest absolute Gasteiger partial charge is 0.294 e. The molecule has 0 saturated carbocycles. The number of carbonyl (C=O) groups excluding carboxylic acids is 1. The zero-order valence-corrected chi connectivity index (χ0v) is 12.8. The topological polar surface area (TPSA) is 115 Å². The standard InChI is InChI=1S/C14H15N5O4/c1-7(2)22-13-8-5-4-6-9(21-3)10(8)11(23-13)12(20)15-14-16-18-19-17-14/h4-7H,1-3H3,(H2,15,16,17,18,19,20). The van der Waals surface area contributed by atoms with Crippen molar-refractivity contribution in [2.45, 2.75) is 20.0 Å². The number of tetrazole rings is 1. The number of hydrogen-bond donors (Lipinski definition) is 2. The highest BCUT2D eigenvalue weighted by atomic mass is 16.6. The molecule has 0 fully saturated rings. The van der Waals surface area contributed by atoms with Gasteiger partial charge in [-0.3, -0.25) is 10.1 Å². The second-order valence-corrected chi connectivity index (χ2v) is 4.97. The molecule has 0 spiro atoms. The number of benzene rings is 1. The minimum Gasteiger partial charge on any atom is -0.496 e. The Labute approximate surface area is 131 Å². The van der Waals surface area contributed by atoms with Gasteiger partial charge in [0.25, 0.3) is 11.9 Å². The number of hydrogen-bond acceptors (Lipinski definition) is 7. The third-order valence-corrected chi connectivity index (χ3v) is 3.01. The molecule has 0 aliphatic heterocycles. The van der Waals surface area contributed by atoms with Crippen molar-refractivity contribution in [3.05, 3.63) is 24.0 Å². The lowest BCUT2D eigenvalue weighted by atomic mass is 10.1. The number of nitrogens with zero attached hydrogens (tertiary/aromatic N) is 3. The van der Waals surface area contributed by atoms with Crippen molar-refractivity contribution in [3.63, 3.8) is 0 Å². The van der Waals surface area contributed by atoms with E-state index in [1.165, 1.54) is 7.11 Å². The van der Waals surface area contributed by atoms with Crippen LogP contribution in [0.25, 0.3) is 10.8 Å². The number of furan rings is 1. The Balaban J connectivity index is 2.09. The molecule has 9 heteroatoms. The largest absolute Gasteiger partial charge is 0.496 e. The minimum atomic E-state index is -0.517. The molecule has 3 aromatic rings. The van der Waals surface area contributed by atoms with Crippen molar-refractivity contribution < 1.29 is 18.7 Å². The van der Waals surface area contributed by atoms with Crippen LogP contribution in [0.15, 0.2) is 22.6 Å². The maximum Gasteiger partial charge on any atom is 0.294 e. The fourth-order valence-corrected chi connectivity index (χ4v) is 2.14. The Morgan fingerprint density at radius 3 is 2.87 bits per heavy atom. The van der Waals surface area contributed by atoms with Gasteiger partial charge in [-0.25, -0.2) is 5.10 Å². The molecule has 0 saturated heterocycles. The van der Waals surface area contributed by atoms with E-state index in [1.54, 1.807) is 18.2 Å². The van der Waals surface area contributed by atoms with Crippen LogP contribution < -0.4 is 14.8 Å². The van der Waals surface area contributed by atoms with Crippen molar-refractivity contribution in [3.8, 4) is 11.7 Å². The van der Waals surface area contributed by atoms with Gasteiger partial charge in [0, 0.05) is 0 Å². The van der Waals surface area contributed by atoms with Gasteiger partial charge in [0.2, 0.25) is 11.7 Å². The van der Waals surface area contributed by atoms with E-state index in [2.05, 4.69) is 25.9 Å². The summed E-state index contributed by atoms with van der Waals surface area (Å²) in [5.74, 6) is 0.419. The summed E-state index contributed by atoms with van der Waals surface area (Å²) in [5, 5.41) is 16.5. The first-order valence-electron chi connectivity index (χ1n) is 6.91. The highest BCUT2D eigenvalue weighted by Gasteiger charge is 2.24. The summed E-state index contributed by atoms with van der Waals surface area (Å²) in [5.41, 5.74) is 0. The Morgan fingerprint density at radius 1 is 1.39 bits per heavy atom. The first kappa shape index (κ1) is 14.8. The minimum absolute atomic E-state index is 0.0597. The van der Waals surface area contributed by atoms with E-state index < -0.39 is 5.91 Å². The summed E-state index contributed by atoms with van der Waals surface area (Å²) in [4.78, 5) is 12.5. The van der Waals surface area contributed by atoms with Crippen LogP contribution in [0.5, 0.6) is 11.7 Å². The summed E-state index contributed by atoms with van der Waals surface area (Å²) in [7, 11) is 1.52. The summed E-state index contributed by atoms with van der Waals surface area (Å²) >= 11 is 0. The number of aromatic amines is 1. The summed E-state index contributed by atoms with van der Waals surface area (Å²) in [6.45, 7) is 3.74. The molecule has 0 unspecified atom stereocenters. The average Bonchev–Trinajstić information content (AvgIpc) is 3.15. The number of methoxy groups -OCH3 is 1.